The molecule has 0 spiro atoms. The SMILES string of the molecule is C=C(C)C(=O)NCCCOCCCC(CCCOCCCNC=O)(CCCOCCCNC(=O)C(=C)C)NC(=O)C(=C)C. The van der Waals surface area contributed by atoms with Gasteiger partial charge in [-0.15, -0.1) is 0 Å². The van der Waals surface area contributed by atoms with Crippen LogP contribution >= 0.6 is 0 Å². The summed E-state index contributed by atoms with van der Waals surface area (Å²) in [7, 11) is 0. The molecule has 11 heteroatoms. The number of ether oxygens (including phenoxy) is 3. The van der Waals surface area contributed by atoms with E-state index >= 15 is 0 Å². The van der Waals surface area contributed by atoms with Crippen LogP contribution in [0, 0.1) is 0 Å². The third-order valence-corrected chi connectivity index (χ3v) is 6.57. The molecule has 0 aliphatic carbocycles. The van der Waals surface area contributed by atoms with E-state index in [1.165, 1.54) is 0 Å². The largest absolute Gasteiger partial charge is 0.381 e. The van der Waals surface area contributed by atoms with Gasteiger partial charge in [-0.1, -0.05) is 19.7 Å². The van der Waals surface area contributed by atoms with Gasteiger partial charge in [0, 0.05) is 81.5 Å². The fourth-order valence-corrected chi connectivity index (χ4v) is 4.14. The van der Waals surface area contributed by atoms with Gasteiger partial charge < -0.3 is 35.5 Å². The monoisotopic (exact) mass is 608 g/mol. The van der Waals surface area contributed by atoms with Crippen LogP contribution in [0.25, 0.3) is 0 Å². The predicted octanol–water partition coefficient (Wildman–Crippen LogP) is 3.11. The van der Waals surface area contributed by atoms with Crippen molar-refractivity contribution in [1.29, 1.82) is 0 Å². The second-order valence-electron chi connectivity index (χ2n) is 10.9. The van der Waals surface area contributed by atoms with Gasteiger partial charge in [-0.2, -0.15) is 0 Å². The highest BCUT2D eigenvalue weighted by Gasteiger charge is 2.31. The molecule has 0 saturated heterocycles. The van der Waals surface area contributed by atoms with Gasteiger partial charge in [0.25, 0.3) is 0 Å². The molecule has 0 atom stereocenters. The van der Waals surface area contributed by atoms with Crippen LogP contribution in [-0.2, 0) is 33.4 Å². The minimum atomic E-state index is -0.476. The van der Waals surface area contributed by atoms with E-state index in [1.807, 2.05) is 0 Å². The number of hydrogen-bond acceptors (Lipinski definition) is 7. The second kappa shape index (κ2) is 25.5. The Morgan fingerprint density at radius 3 is 1.28 bits per heavy atom. The first-order chi connectivity index (χ1) is 20.5. The molecular weight excluding hydrogens is 552 g/mol. The maximum Gasteiger partial charge on any atom is 0.246 e. The topological polar surface area (TPSA) is 144 Å². The lowest BCUT2D eigenvalue weighted by atomic mass is 9.83. The van der Waals surface area contributed by atoms with Crippen LogP contribution in [0.4, 0.5) is 0 Å². The maximum absolute atomic E-state index is 12.8. The molecule has 0 aromatic rings. The van der Waals surface area contributed by atoms with Crippen molar-refractivity contribution in [3.63, 3.8) is 0 Å². The normalized spacial score (nSPS) is 11.0. The van der Waals surface area contributed by atoms with E-state index in [2.05, 4.69) is 41.0 Å². The Kier molecular flexibility index (Phi) is 23.7. The Balaban J connectivity index is 4.93. The molecule has 246 valence electrons. The van der Waals surface area contributed by atoms with Crippen LogP contribution in [0.5, 0.6) is 0 Å². The number of carbonyl (C=O) groups excluding carboxylic acids is 4. The summed E-state index contributed by atoms with van der Waals surface area (Å²) >= 11 is 0. The minimum absolute atomic E-state index is 0.154. The molecule has 0 aliphatic heterocycles. The van der Waals surface area contributed by atoms with Gasteiger partial charge in [-0.3, -0.25) is 19.2 Å². The Morgan fingerprint density at radius 1 is 0.581 bits per heavy atom. The Morgan fingerprint density at radius 2 is 0.930 bits per heavy atom. The molecule has 0 bridgehead atoms. The summed E-state index contributed by atoms with van der Waals surface area (Å²) < 4.78 is 17.4. The molecule has 43 heavy (non-hydrogen) atoms. The molecule has 0 rings (SSSR count). The molecule has 0 aliphatic rings. The van der Waals surface area contributed by atoms with E-state index in [-0.39, 0.29) is 17.7 Å². The highest BCUT2D eigenvalue weighted by atomic mass is 16.5. The van der Waals surface area contributed by atoms with Crippen molar-refractivity contribution >= 4 is 24.1 Å². The summed E-state index contributed by atoms with van der Waals surface area (Å²) in [5.41, 5.74) is 0.930. The van der Waals surface area contributed by atoms with E-state index in [9.17, 15) is 19.2 Å². The van der Waals surface area contributed by atoms with E-state index in [0.717, 1.165) is 32.1 Å². The lowest BCUT2D eigenvalue weighted by molar-refractivity contribution is -0.120. The molecule has 0 aromatic heterocycles. The van der Waals surface area contributed by atoms with Crippen LogP contribution in [-0.4, -0.2) is 88.9 Å². The lowest BCUT2D eigenvalue weighted by Gasteiger charge is -2.36. The first-order valence-electron chi connectivity index (χ1n) is 15.3. The molecule has 0 unspecified atom stereocenters. The first kappa shape index (κ1) is 40.0. The zero-order valence-electron chi connectivity index (χ0n) is 26.8. The molecule has 0 aromatic carbocycles. The number of nitrogens with one attached hydrogen (secondary N) is 4. The van der Waals surface area contributed by atoms with Crippen molar-refractivity contribution in [3.8, 4) is 0 Å². The van der Waals surface area contributed by atoms with E-state index in [0.29, 0.717) is 108 Å². The zero-order valence-corrected chi connectivity index (χ0v) is 26.8. The molecule has 4 N–H and O–H groups in total. The van der Waals surface area contributed by atoms with Crippen LogP contribution in [0.1, 0.15) is 78.6 Å². The third-order valence-electron chi connectivity index (χ3n) is 6.57. The molecule has 0 saturated carbocycles. The van der Waals surface area contributed by atoms with Crippen molar-refractivity contribution in [2.45, 2.75) is 84.1 Å². The molecule has 0 heterocycles. The van der Waals surface area contributed by atoms with Gasteiger partial charge >= 0.3 is 0 Å². The van der Waals surface area contributed by atoms with Crippen molar-refractivity contribution in [2.24, 2.45) is 0 Å². The number of hydrogen-bond donors (Lipinski definition) is 4. The van der Waals surface area contributed by atoms with E-state index in [4.69, 9.17) is 14.2 Å². The maximum atomic E-state index is 12.8. The fourth-order valence-electron chi connectivity index (χ4n) is 4.14. The Hall–Kier alpha value is -3.02. The van der Waals surface area contributed by atoms with E-state index in [1.54, 1.807) is 20.8 Å². The van der Waals surface area contributed by atoms with Crippen LogP contribution in [0.2, 0.25) is 0 Å². The van der Waals surface area contributed by atoms with Crippen molar-refractivity contribution < 1.29 is 33.4 Å². The highest BCUT2D eigenvalue weighted by molar-refractivity contribution is 5.93. The first-order valence-corrected chi connectivity index (χ1v) is 15.3. The van der Waals surface area contributed by atoms with Gasteiger partial charge in [0.1, 0.15) is 0 Å². The predicted molar refractivity (Wildman–Crippen MR) is 169 cm³/mol. The van der Waals surface area contributed by atoms with Gasteiger partial charge in [0.2, 0.25) is 24.1 Å². The average Bonchev–Trinajstić information content (AvgIpc) is 2.96. The van der Waals surface area contributed by atoms with E-state index < -0.39 is 5.54 Å². The number of amides is 4. The average molecular weight is 609 g/mol. The highest BCUT2D eigenvalue weighted by Crippen LogP contribution is 2.26. The summed E-state index contributed by atoms with van der Waals surface area (Å²) in [6.45, 7) is 20.9. The van der Waals surface area contributed by atoms with Crippen LogP contribution in [0.3, 0.4) is 0 Å². The smallest absolute Gasteiger partial charge is 0.246 e. The summed E-state index contributed by atoms with van der Waals surface area (Å²) in [4.78, 5) is 46.3. The van der Waals surface area contributed by atoms with Crippen molar-refractivity contribution in [2.75, 3.05) is 59.3 Å². The minimum Gasteiger partial charge on any atom is -0.381 e. The quantitative estimate of drug-likeness (QED) is 0.0580. The molecule has 0 radical (unpaired) electrons. The summed E-state index contributed by atoms with van der Waals surface area (Å²) in [6, 6.07) is 0. The lowest BCUT2D eigenvalue weighted by Crippen LogP contribution is -2.49. The molecule has 11 nitrogen and oxygen atoms in total. The molecular formula is C32H56N4O7. The van der Waals surface area contributed by atoms with Crippen LogP contribution in [0.15, 0.2) is 36.5 Å². The second-order valence-corrected chi connectivity index (χ2v) is 10.9. The summed E-state index contributed by atoms with van der Waals surface area (Å²) in [6.07, 6.45) is 7.21. The van der Waals surface area contributed by atoms with Crippen molar-refractivity contribution in [1.82, 2.24) is 21.3 Å². The van der Waals surface area contributed by atoms with Crippen molar-refractivity contribution in [3.05, 3.63) is 36.5 Å². The van der Waals surface area contributed by atoms with Gasteiger partial charge in [-0.05, 0) is 78.6 Å². The molecule has 4 amide bonds. The van der Waals surface area contributed by atoms with Gasteiger partial charge in [0.15, 0.2) is 0 Å². The third kappa shape index (κ3) is 22.2. The molecule has 0 fully saturated rings. The van der Waals surface area contributed by atoms with Gasteiger partial charge in [-0.25, -0.2) is 0 Å². The number of rotatable bonds is 29. The van der Waals surface area contributed by atoms with Crippen LogP contribution < -0.4 is 21.3 Å². The zero-order chi connectivity index (χ0) is 32.3. The standard InChI is InChI=1S/C32H56N4O7/c1-26(2)29(38)34-17-11-23-42-20-8-14-32(36-31(40)28(5)6,13-7-19-41-22-10-16-33-25-37)15-9-21-43-24-12-18-35-30(39)27(3)4/h25H,1,3,5,7-24H2,2,4,6H3,(H,33,37)(H,34,38)(H,35,39)(H,36,40). The number of carbonyl (C=O) groups is 4. The van der Waals surface area contributed by atoms with Gasteiger partial charge in [0.05, 0.1) is 0 Å². The summed E-state index contributed by atoms with van der Waals surface area (Å²) in [5, 5.41) is 11.5. The summed E-state index contributed by atoms with van der Waals surface area (Å²) in [5.74, 6) is -0.486. The Labute approximate surface area is 258 Å². The fraction of sp³-hybridized carbons (Fsp3) is 0.688. The Bertz CT molecular complexity index is 834.